The lowest BCUT2D eigenvalue weighted by molar-refractivity contribution is -0.140. The first-order valence-corrected chi connectivity index (χ1v) is 11.8. The molecule has 2 fully saturated rings. The maximum atomic E-state index is 13.0. The Bertz CT molecular complexity index is 985. The summed E-state index contributed by atoms with van der Waals surface area (Å²) in [5.41, 5.74) is 1.56. The number of carbonyl (C=O) groups excluding carboxylic acids is 3. The second-order valence-corrected chi connectivity index (χ2v) is 9.50. The van der Waals surface area contributed by atoms with Crippen molar-refractivity contribution in [1.82, 2.24) is 30.8 Å². The van der Waals surface area contributed by atoms with Crippen molar-refractivity contribution in [2.24, 2.45) is 5.92 Å². The standard InChI is InChI=1S/C21H28N6O5S/c1-14-5-7-21(8-6-14)19(29)27(20(30)22-21)25-16(28)12-26(9-10-31-2)13-17-23-24-18(32-17)15-4-3-11-33-15/h3-4,11,14H,5-10,12-13H2,1-2H3,(H,22,30)(H,25,28). The molecule has 33 heavy (non-hydrogen) atoms. The second-order valence-electron chi connectivity index (χ2n) is 8.55. The van der Waals surface area contributed by atoms with Gasteiger partial charge in [-0.2, -0.15) is 5.01 Å². The molecule has 0 unspecified atom stereocenters. The molecule has 2 N–H and O–H groups in total. The fourth-order valence-electron chi connectivity index (χ4n) is 4.12. The highest BCUT2D eigenvalue weighted by Gasteiger charge is 2.52. The Balaban J connectivity index is 1.37. The minimum atomic E-state index is -0.908. The van der Waals surface area contributed by atoms with E-state index in [1.165, 1.54) is 11.3 Å². The van der Waals surface area contributed by atoms with Crippen LogP contribution in [-0.2, 0) is 20.9 Å². The number of urea groups is 1. The lowest BCUT2D eigenvalue weighted by atomic mass is 9.77. The van der Waals surface area contributed by atoms with Gasteiger partial charge in [-0.05, 0) is 43.0 Å². The average molecular weight is 477 g/mol. The van der Waals surface area contributed by atoms with E-state index in [4.69, 9.17) is 9.15 Å². The lowest BCUT2D eigenvalue weighted by Crippen LogP contribution is -2.53. The molecule has 2 aromatic heterocycles. The van der Waals surface area contributed by atoms with Gasteiger partial charge >= 0.3 is 6.03 Å². The number of ether oxygens (including phenoxy) is 1. The van der Waals surface area contributed by atoms with Gasteiger partial charge in [-0.15, -0.1) is 21.5 Å². The third-order valence-corrected chi connectivity index (χ3v) is 6.92. The van der Waals surface area contributed by atoms with Crippen LogP contribution in [0.1, 0.15) is 38.5 Å². The van der Waals surface area contributed by atoms with Gasteiger partial charge in [-0.1, -0.05) is 13.0 Å². The molecule has 1 aliphatic heterocycles. The predicted molar refractivity (Wildman–Crippen MR) is 119 cm³/mol. The number of hydrazine groups is 1. The van der Waals surface area contributed by atoms with Crippen LogP contribution in [0.4, 0.5) is 4.79 Å². The largest absolute Gasteiger partial charge is 0.419 e. The van der Waals surface area contributed by atoms with Gasteiger partial charge in [-0.3, -0.25) is 19.9 Å². The summed E-state index contributed by atoms with van der Waals surface area (Å²) in [5, 5.41) is 13.7. The number of carbonyl (C=O) groups is 3. The van der Waals surface area contributed by atoms with E-state index in [-0.39, 0.29) is 13.1 Å². The SMILES string of the molecule is COCCN(CC(=O)NN1C(=O)NC2(CCC(C)CC2)C1=O)Cc1nnc(-c2cccs2)o1. The fraction of sp³-hybridized carbons (Fsp3) is 0.571. The highest BCUT2D eigenvalue weighted by atomic mass is 32.1. The van der Waals surface area contributed by atoms with Gasteiger partial charge in [0.2, 0.25) is 5.89 Å². The molecule has 2 aromatic rings. The van der Waals surface area contributed by atoms with Crippen LogP contribution in [0.25, 0.3) is 10.8 Å². The van der Waals surface area contributed by atoms with Crippen LogP contribution in [-0.4, -0.2) is 70.3 Å². The van der Waals surface area contributed by atoms with E-state index >= 15 is 0 Å². The first-order chi connectivity index (χ1) is 15.9. The van der Waals surface area contributed by atoms with Gasteiger partial charge in [0.05, 0.1) is 24.6 Å². The zero-order valence-electron chi connectivity index (χ0n) is 18.7. The summed E-state index contributed by atoms with van der Waals surface area (Å²) in [6, 6.07) is 3.19. The van der Waals surface area contributed by atoms with E-state index in [9.17, 15) is 14.4 Å². The van der Waals surface area contributed by atoms with Crippen molar-refractivity contribution < 1.29 is 23.5 Å². The first-order valence-electron chi connectivity index (χ1n) is 10.9. The van der Waals surface area contributed by atoms with Crippen molar-refractivity contribution in [2.45, 2.75) is 44.7 Å². The summed E-state index contributed by atoms with van der Waals surface area (Å²) in [7, 11) is 1.57. The Hall–Kier alpha value is -2.83. The van der Waals surface area contributed by atoms with Gasteiger partial charge in [0.1, 0.15) is 5.54 Å². The van der Waals surface area contributed by atoms with Crippen LogP contribution >= 0.6 is 11.3 Å². The molecule has 12 heteroatoms. The Morgan fingerprint density at radius 2 is 2.18 bits per heavy atom. The lowest BCUT2D eigenvalue weighted by Gasteiger charge is -2.33. The summed E-state index contributed by atoms with van der Waals surface area (Å²) < 4.78 is 10.9. The van der Waals surface area contributed by atoms with Gasteiger partial charge in [-0.25, -0.2) is 4.79 Å². The number of aromatic nitrogens is 2. The fourth-order valence-corrected chi connectivity index (χ4v) is 4.77. The smallest absolute Gasteiger partial charge is 0.344 e. The number of nitrogens with one attached hydrogen (secondary N) is 2. The van der Waals surface area contributed by atoms with Gasteiger partial charge in [0.15, 0.2) is 0 Å². The third kappa shape index (κ3) is 5.23. The summed E-state index contributed by atoms with van der Waals surface area (Å²) in [6.07, 6.45) is 2.87. The Morgan fingerprint density at radius 3 is 2.88 bits per heavy atom. The summed E-state index contributed by atoms with van der Waals surface area (Å²) in [5.74, 6) is 0.404. The monoisotopic (exact) mass is 476 g/mol. The number of rotatable bonds is 9. The minimum absolute atomic E-state index is 0.0822. The van der Waals surface area contributed by atoms with E-state index in [0.29, 0.717) is 43.7 Å². The molecule has 11 nitrogen and oxygen atoms in total. The molecule has 0 bridgehead atoms. The van der Waals surface area contributed by atoms with Crippen molar-refractivity contribution in [3.63, 3.8) is 0 Å². The minimum Gasteiger partial charge on any atom is -0.419 e. The molecule has 178 valence electrons. The summed E-state index contributed by atoms with van der Waals surface area (Å²) in [4.78, 5) is 40.8. The maximum absolute atomic E-state index is 13.0. The Morgan fingerprint density at radius 1 is 1.39 bits per heavy atom. The molecule has 1 aliphatic carbocycles. The molecule has 2 aliphatic rings. The van der Waals surface area contributed by atoms with Crippen molar-refractivity contribution in [3.8, 4) is 10.8 Å². The number of amides is 4. The highest BCUT2D eigenvalue weighted by molar-refractivity contribution is 7.13. The zero-order valence-corrected chi connectivity index (χ0v) is 19.5. The number of imide groups is 1. The van der Waals surface area contributed by atoms with Gasteiger partial charge in [0, 0.05) is 13.7 Å². The molecule has 4 rings (SSSR count). The van der Waals surface area contributed by atoms with E-state index in [2.05, 4.69) is 27.9 Å². The molecule has 0 atom stereocenters. The maximum Gasteiger partial charge on any atom is 0.344 e. The Kier molecular flexibility index (Phi) is 7.05. The molecule has 1 saturated heterocycles. The molecular formula is C21H28N6O5S. The molecule has 3 heterocycles. The Labute approximate surface area is 195 Å². The van der Waals surface area contributed by atoms with Gasteiger partial charge in [0.25, 0.3) is 17.7 Å². The molecule has 0 radical (unpaired) electrons. The van der Waals surface area contributed by atoms with Crippen molar-refractivity contribution in [3.05, 3.63) is 23.4 Å². The topological polar surface area (TPSA) is 130 Å². The number of hydrogen-bond donors (Lipinski definition) is 2. The van der Waals surface area contributed by atoms with Crippen molar-refractivity contribution >= 4 is 29.2 Å². The normalized spacial score (nSPS) is 22.9. The average Bonchev–Trinajstić information content (AvgIpc) is 3.52. The summed E-state index contributed by atoms with van der Waals surface area (Å²) >= 11 is 1.49. The quantitative estimate of drug-likeness (QED) is 0.524. The van der Waals surface area contributed by atoms with Gasteiger partial charge < -0.3 is 14.5 Å². The zero-order chi connectivity index (χ0) is 23.4. The van der Waals surface area contributed by atoms with Crippen LogP contribution in [0.3, 0.4) is 0 Å². The molecule has 1 spiro atoms. The van der Waals surface area contributed by atoms with Crippen LogP contribution in [0, 0.1) is 5.92 Å². The predicted octanol–water partition coefficient (Wildman–Crippen LogP) is 1.78. The number of hydrogen-bond acceptors (Lipinski definition) is 9. The van der Waals surface area contributed by atoms with E-state index in [1.807, 2.05) is 17.5 Å². The van der Waals surface area contributed by atoms with Crippen molar-refractivity contribution in [1.29, 1.82) is 0 Å². The van der Waals surface area contributed by atoms with E-state index in [0.717, 1.165) is 22.7 Å². The van der Waals surface area contributed by atoms with E-state index < -0.39 is 23.4 Å². The molecular weight excluding hydrogens is 448 g/mol. The number of nitrogens with zero attached hydrogens (tertiary/aromatic N) is 4. The van der Waals surface area contributed by atoms with Crippen LogP contribution in [0.5, 0.6) is 0 Å². The van der Waals surface area contributed by atoms with Crippen LogP contribution in [0.15, 0.2) is 21.9 Å². The molecule has 4 amide bonds. The van der Waals surface area contributed by atoms with Crippen LogP contribution in [0.2, 0.25) is 0 Å². The van der Waals surface area contributed by atoms with Crippen molar-refractivity contribution in [2.75, 3.05) is 26.8 Å². The van der Waals surface area contributed by atoms with Crippen LogP contribution < -0.4 is 10.7 Å². The second kappa shape index (κ2) is 9.98. The number of methoxy groups -OCH3 is 1. The third-order valence-electron chi connectivity index (χ3n) is 6.06. The highest BCUT2D eigenvalue weighted by Crippen LogP contribution is 2.35. The first kappa shape index (κ1) is 23.3. The molecule has 0 aromatic carbocycles. The molecule has 1 saturated carbocycles. The van der Waals surface area contributed by atoms with E-state index in [1.54, 1.807) is 12.0 Å². The number of thiophene rings is 1. The summed E-state index contributed by atoms with van der Waals surface area (Å²) in [6.45, 7) is 3.07.